The summed E-state index contributed by atoms with van der Waals surface area (Å²) in [5.41, 5.74) is -0.520. The van der Waals surface area contributed by atoms with Crippen molar-refractivity contribution in [1.82, 2.24) is 5.32 Å². The number of hydrogen-bond acceptors (Lipinski definition) is 3. The van der Waals surface area contributed by atoms with Crippen molar-refractivity contribution in [3.05, 3.63) is 59.7 Å². The molecular weight excluding hydrogens is 373 g/mol. The third-order valence-corrected chi connectivity index (χ3v) is 3.77. The number of rotatable bonds is 8. The molecule has 2 amide bonds. The normalized spacial score (nSPS) is 11.0. The lowest BCUT2D eigenvalue weighted by Gasteiger charge is -2.10. The van der Waals surface area contributed by atoms with Gasteiger partial charge in [0.1, 0.15) is 5.75 Å². The van der Waals surface area contributed by atoms with Crippen molar-refractivity contribution >= 4 is 17.5 Å². The molecule has 0 atom stereocenters. The molecule has 150 valence electrons. The van der Waals surface area contributed by atoms with Crippen LogP contribution in [0.3, 0.4) is 0 Å². The van der Waals surface area contributed by atoms with Gasteiger partial charge in [0.15, 0.2) is 0 Å². The maximum atomic E-state index is 12.7. The molecule has 0 aliphatic carbocycles. The number of halogens is 3. The van der Waals surface area contributed by atoms with Crippen LogP contribution in [0.15, 0.2) is 48.5 Å². The molecule has 0 saturated heterocycles. The Hall–Kier alpha value is -3.03. The van der Waals surface area contributed by atoms with Crippen LogP contribution in [0.25, 0.3) is 0 Å². The van der Waals surface area contributed by atoms with Crippen molar-refractivity contribution in [2.45, 2.75) is 25.9 Å². The zero-order valence-corrected chi connectivity index (χ0v) is 15.3. The molecule has 0 aliphatic heterocycles. The minimum absolute atomic E-state index is 0.00246. The molecule has 2 aromatic rings. The monoisotopic (exact) mass is 394 g/mol. The molecule has 0 aromatic heterocycles. The topological polar surface area (TPSA) is 67.4 Å². The van der Waals surface area contributed by atoms with Crippen molar-refractivity contribution in [3.63, 3.8) is 0 Å². The maximum Gasteiger partial charge on any atom is 0.416 e. The van der Waals surface area contributed by atoms with E-state index in [9.17, 15) is 22.8 Å². The Labute approximate surface area is 160 Å². The van der Waals surface area contributed by atoms with E-state index in [1.54, 1.807) is 24.3 Å². The Morgan fingerprint density at radius 2 is 1.79 bits per heavy atom. The molecule has 5 nitrogen and oxygen atoms in total. The number of carbonyl (C=O) groups is 2. The second-order valence-electron chi connectivity index (χ2n) is 6.04. The van der Waals surface area contributed by atoms with Gasteiger partial charge in [0.05, 0.1) is 18.7 Å². The molecule has 0 heterocycles. The summed E-state index contributed by atoms with van der Waals surface area (Å²) in [4.78, 5) is 24.0. The van der Waals surface area contributed by atoms with Crippen LogP contribution in [0.1, 0.15) is 35.7 Å². The number of nitrogens with one attached hydrogen (secondary N) is 2. The molecule has 2 N–H and O–H groups in total. The summed E-state index contributed by atoms with van der Waals surface area (Å²) < 4.78 is 43.6. The van der Waals surface area contributed by atoms with Gasteiger partial charge in [0.25, 0.3) is 5.91 Å². The predicted molar refractivity (Wildman–Crippen MR) is 99.3 cm³/mol. The fourth-order valence-electron chi connectivity index (χ4n) is 2.28. The van der Waals surface area contributed by atoms with E-state index < -0.39 is 23.6 Å². The molecule has 0 fully saturated rings. The van der Waals surface area contributed by atoms with Gasteiger partial charge < -0.3 is 15.4 Å². The Bertz CT molecular complexity index is 805. The molecule has 0 bridgehead atoms. The lowest BCUT2D eigenvalue weighted by Crippen LogP contribution is -2.32. The van der Waals surface area contributed by atoms with Gasteiger partial charge in [-0.25, -0.2) is 0 Å². The van der Waals surface area contributed by atoms with Gasteiger partial charge in [-0.05, 0) is 48.9 Å². The largest absolute Gasteiger partial charge is 0.494 e. The first-order valence-electron chi connectivity index (χ1n) is 8.77. The zero-order chi connectivity index (χ0) is 20.6. The summed E-state index contributed by atoms with van der Waals surface area (Å²) in [6, 6.07) is 10.7. The minimum atomic E-state index is -4.50. The fourth-order valence-corrected chi connectivity index (χ4v) is 2.28. The summed E-state index contributed by atoms with van der Waals surface area (Å²) in [5.74, 6) is -0.459. The molecule has 0 saturated carbocycles. The number of unbranched alkanes of at least 4 members (excludes halogenated alkanes) is 1. The highest BCUT2D eigenvalue weighted by molar-refractivity contribution is 5.99. The zero-order valence-electron chi connectivity index (χ0n) is 15.3. The van der Waals surface area contributed by atoms with Crippen LogP contribution in [0.2, 0.25) is 0 Å². The van der Waals surface area contributed by atoms with Crippen molar-refractivity contribution in [2.24, 2.45) is 0 Å². The first kappa shape index (κ1) is 21.3. The van der Waals surface area contributed by atoms with Gasteiger partial charge in [0, 0.05) is 11.3 Å². The van der Waals surface area contributed by atoms with E-state index in [1.165, 1.54) is 12.1 Å². The van der Waals surface area contributed by atoms with Crippen LogP contribution >= 0.6 is 0 Å². The van der Waals surface area contributed by atoms with Gasteiger partial charge in [-0.1, -0.05) is 19.4 Å². The van der Waals surface area contributed by atoms with E-state index in [0.29, 0.717) is 17.9 Å². The minimum Gasteiger partial charge on any atom is -0.494 e. The highest BCUT2D eigenvalue weighted by Crippen LogP contribution is 2.30. The quantitative estimate of drug-likeness (QED) is 0.658. The number of hydrogen-bond donors (Lipinski definition) is 2. The Kier molecular flexibility index (Phi) is 7.43. The van der Waals surface area contributed by atoms with Gasteiger partial charge in [0.2, 0.25) is 5.91 Å². The average Bonchev–Trinajstić information content (AvgIpc) is 2.66. The Balaban J connectivity index is 1.84. The van der Waals surface area contributed by atoms with Crippen molar-refractivity contribution < 1.29 is 27.5 Å². The first-order chi connectivity index (χ1) is 13.3. The van der Waals surface area contributed by atoms with Crippen molar-refractivity contribution in [1.29, 1.82) is 0 Å². The van der Waals surface area contributed by atoms with Gasteiger partial charge in [-0.15, -0.1) is 0 Å². The molecule has 0 spiro atoms. The summed E-state index contributed by atoms with van der Waals surface area (Å²) in [5, 5.41) is 4.75. The van der Waals surface area contributed by atoms with Crippen LogP contribution in [0.4, 0.5) is 18.9 Å². The lowest BCUT2D eigenvalue weighted by atomic mass is 10.2. The van der Waals surface area contributed by atoms with E-state index >= 15 is 0 Å². The highest BCUT2D eigenvalue weighted by Gasteiger charge is 2.30. The van der Waals surface area contributed by atoms with Crippen LogP contribution in [-0.4, -0.2) is 25.0 Å². The molecule has 0 aliphatic rings. The second-order valence-corrected chi connectivity index (χ2v) is 6.04. The predicted octanol–water partition coefficient (Wildman–Crippen LogP) is 4.25. The SMILES string of the molecule is CCCCOc1ccc(C(=O)NCC(=O)Nc2cccc(C(F)(F)F)c2)cc1. The van der Waals surface area contributed by atoms with Crippen LogP contribution in [-0.2, 0) is 11.0 Å². The van der Waals surface area contributed by atoms with E-state index in [0.717, 1.165) is 25.0 Å². The number of alkyl halides is 3. The Morgan fingerprint density at radius 3 is 2.43 bits per heavy atom. The second kappa shape index (κ2) is 9.77. The van der Waals surface area contributed by atoms with Crippen LogP contribution in [0.5, 0.6) is 5.75 Å². The van der Waals surface area contributed by atoms with Gasteiger partial charge >= 0.3 is 6.18 Å². The maximum absolute atomic E-state index is 12.7. The molecule has 8 heteroatoms. The number of ether oxygens (including phenoxy) is 1. The lowest BCUT2D eigenvalue weighted by molar-refractivity contribution is -0.137. The van der Waals surface area contributed by atoms with Crippen molar-refractivity contribution in [2.75, 3.05) is 18.5 Å². The molecule has 0 radical (unpaired) electrons. The van der Waals surface area contributed by atoms with Crippen LogP contribution < -0.4 is 15.4 Å². The van der Waals surface area contributed by atoms with E-state index in [-0.39, 0.29) is 12.2 Å². The number of amides is 2. The highest BCUT2D eigenvalue weighted by atomic mass is 19.4. The molecule has 2 rings (SSSR count). The summed E-state index contributed by atoms with van der Waals surface area (Å²) in [7, 11) is 0. The number of carbonyl (C=O) groups excluding carboxylic acids is 2. The van der Waals surface area contributed by atoms with Crippen LogP contribution in [0, 0.1) is 0 Å². The van der Waals surface area contributed by atoms with E-state index in [4.69, 9.17) is 4.74 Å². The fraction of sp³-hybridized carbons (Fsp3) is 0.300. The Morgan fingerprint density at radius 1 is 1.07 bits per heavy atom. The third-order valence-electron chi connectivity index (χ3n) is 3.77. The summed E-state index contributed by atoms with van der Waals surface area (Å²) in [6.45, 7) is 2.28. The smallest absolute Gasteiger partial charge is 0.416 e. The van der Waals surface area contributed by atoms with E-state index in [1.807, 2.05) is 0 Å². The average molecular weight is 394 g/mol. The van der Waals surface area contributed by atoms with Gasteiger partial charge in [-0.3, -0.25) is 9.59 Å². The first-order valence-corrected chi connectivity index (χ1v) is 8.77. The molecular formula is C20H21F3N2O3. The standard InChI is InChI=1S/C20H21F3N2O3/c1-2-3-11-28-17-9-7-14(8-10-17)19(27)24-13-18(26)25-16-6-4-5-15(12-16)20(21,22)23/h4-10,12H,2-3,11,13H2,1H3,(H,24,27)(H,25,26). The molecule has 2 aromatic carbocycles. The summed E-state index contributed by atoms with van der Waals surface area (Å²) in [6.07, 6.45) is -2.55. The van der Waals surface area contributed by atoms with Crippen molar-refractivity contribution in [3.8, 4) is 5.75 Å². The molecule has 0 unspecified atom stereocenters. The van der Waals surface area contributed by atoms with Gasteiger partial charge in [-0.2, -0.15) is 13.2 Å². The third kappa shape index (κ3) is 6.61. The number of anilines is 1. The summed E-state index contributed by atoms with van der Waals surface area (Å²) >= 11 is 0. The molecule has 28 heavy (non-hydrogen) atoms. The van der Waals surface area contributed by atoms with E-state index in [2.05, 4.69) is 17.6 Å². The number of benzene rings is 2.